The summed E-state index contributed by atoms with van der Waals surface area (Å²) in [5, 5.41) is 10.0. The molecule has 2 N–H and O–H groups in total. The van der Waals surface area contributed by atoms with E-state index in [4.69, 9.17) is 5.11 Å². The van der Waals surface area contributed by atoms with Crippen LogP contribution in [0.3, 0.4) is 0 Å². The summed E-state index contributed by atoms with van der Waals surface area (Å²) in [4.78, 5) is 28.3. The maximum absolute atomic E-state index is 12.3. The first-order valence-electron chi connectivity index (χ1n) is 8.26. The number of aromatic amines is 1. The Labute approximate surface area is 134 Å². The lowest BCUT2D eigenvalue weighted by atomic mass is 9.90. The van der Waals surface area contributed by atoms with E-state index in [2.05, 4.69) is 17.1 Å². The molecule has 2 fully saturated rings. The van der Waals surface area contributed by atoms with Gasteiger partial charge in [-0.1, -0.05) is 6.07 Å². The van der Waals surface area contributed by atoms with Crippen LogP contribution in [-0.2, 0) is 4.79 Å². The van der Waals surface area contributed by atoms with Gasteiger partial charge < -0.3 is 15.0 Å². The number of aromatic carboxylic acids is 1. The first kappa shape index (κ1) is 14.3. The smallest absolute Gasteiger partial charge is 0.352 e. The molecule has 1 aliphatic heterocycles. The molecule has 1 aromatic carbocycles. The van der Waals surface area contributed by atoms with Crippen molar-refractivity contribution in [3.8, 4) is 0 Å². The summed E-state index contributed by atoms with van der Waals surface area (Å²) in [5.41, 5.74) is 2.25. The average molecular weight is 312 g/mol. The third-order valence-electron chi connectivity index (χ3n) is 5.01. The molecular weight excluding hydrogens is 292 g/mol. The number of nitrogens with zero attached hydrogens (tertiary/aromatic N) is 1. The summed E-state index contributed by atoms with van der Waals surface area (Å²) >= 11 is 0. The molecule has 1 aliphatic carbocycles. The Morgan fingerprint density at radius 1 is 1.17 bits per heavy atom. The third-order valence-corrected chi connectivity index (χ3v) is 5.01. The van der Waals surface area contributed by atoms with Crippen molar-refractivity contribution >= 4 is 22.8 Å². The Morgan fingerprint density at radius 2 is 2.00 bits per heavy atom. The van der Waals surface area contributed by atoms with E-state index in [1.165, 1.54) is 5.56 Å². The number of H-pyrrole nitrogens is 1. The molecule has 1 amide bonds. The number of aromatic nitrogens is 1. The lowest BCUT2D eigenvalue weighted by molar-refractivity contribution is -0.133. The average Bonchev–Trinajstić information content (AvgIpc) is 3.32. The zero-order chi connectivity index (χ0) is 16.0. The second-order valence-electron chi connectivity index (χ2n) is 6.73. The van der Waals surface area contributed by atoms with Gasteiger partial charge in [0.2, 0.25) is 5.91 Å². The predicted octanol–water partition coefficient (Wildman–Crippen LogP) is 2.98. The van der Waals surface area contributed by atoms with Crippen LogP contribution in [0.25, 0.3) is 10.9 Å². The van der Waals surface area contributed by atoms with Crippen molar-refractivity contribution in [2.75, 3.05) is 13.1 Å². The van der Waals surface area contributed by atoms with Crippen LogP contribution in [0.5, 0.6) is 0 Å². The second kappa shape index (κ2) is 5.41. The molecule has 5 nitrogen and oxygen atoms in total. The molecule has 120 valence electrons. The summed E-state index contributed by atoms with van der Waals surface area (Å²) in [6.07, 6.45) is 4.21. The fourth-order valence-electron chi connectivity index (χ4n) is 3.56. The largest absolute Gasteiger partial charge is 0.477 e. The van der Waals surface area contributed by atoms with Crippen molar-refractivity contribution in [1.29, 1.82) is 0 Å². The van der Waals surface area contributed by atoms with E-state index in [1.54, 1.807) is 6.07 Å². The number of carbonyl (C=O) groups is 2. The number of amides is 1. The Kier molecular flexibility index (Phi) is 3.36. The van der Waals surface area contributed by atoms with Crippen LogP contribution in [0.4, 0.5) is 0 Å². The highest BCUT2D eigenvalue weighted by molar-refractivity contribution is 5.94. The van der Waals surface area contributed by atoms with Crippen molar-refractivity contribution in [3.05, 3.63) is 35.5 Å². The first-order chi connectivity index (χ1) is 11.1. The normalized spacial score (nSPS) is 21.6. The summed E-state index contributed by atoms with van der Waals surface area (Å²) in [5.74, 6) is 0.00487. The fraction of sp³-hybridized carbons (Fsp3) is 0.444. The SMILES string of the molecule is O=C(O)c1cc2cc(C3CCCN(C(=O)C4CC4)C3)ccc2[nH]1. The predicted molar refractivity (Wildman–Crippen MR) is 86.5 cm³/mol. The number of hydrogen-bond acceptors (Lipinski definition) is 2. The van der Waals surface area contributed by atoms with E-state index >= 15 is 0 Å². The highest BCUT2D eigenvalue weighted by Gasteiger charge is 2.35. The van der Waals surface area contributed by atoms with Gasteiger partial charge in [-0.25, -0.2) is 4.79 Å². The van der Waals surface area contributed by atoms with Gasteiger partial charge in [0.05, 0.1) is 0 Å². The lowest BCUT2D eigenvalue weighted by Crippen LogP contribution is -2.39. The molecular formula is C18H20N2O3. The molecule has 2 aromatic rings. The summed E-state index contributed by atoms with van der Waals surface area (Å²) in [6.45, 7) is 1.67. The molecule has 1 saturated carbocycles. The molecule has 1 atom stereocenters. The molecule has 0 spiro atoms. The molecule has 0 radical (unpaired) electrons. The van der Waals surface area contributed by atoms with Crippen LogP contribution >= 0.6 is 0 Å². The molecule has 2 heterocycles. The highest BCUT2D eigenvalue weighted by atomic mass is 16.4. The van der Waals surface area contributed by atoms with Gasteiger partial charge in [-0.05, 0) is 49.4 Å². The van der Waals surface area contributed by atoms with Crippen LogP contribution in [0.2, 0.25) is 0 Å². The summed E-state index contributed by atoms with van der Waals surface area (Å²) in [6, 6.07) is 7.74. The van der Waals surface area contributed by atoms with E-state index in [0.29, 0.717) is 11.8 Å². The maximum atomic E-state index is 12.3. The van der Waals surface area contributed by atoms with Crippen LogP contribution in [0.1, 0.15) is 47.7 Å². The van der Waals surface area contributed by atoms with E-state index in [1.807, 2.05) is 11.0 Å². The number of fused-ring (bicyclic) bond motifs is 1. The summed E-state index contributed by atoms with van der Waals surface area (Å²) in [7, 11) is 0. The zero-order valence-corrected chi connectivity index (χ0v) is 12.9. The molecule has 5 heteroatoms. The van der Waals surface area contributed by atoms with Gasteiger partial charge in [0.25, 0.3) is 0 Å². The Hall–Kier alpha value is -2.30. The lowest BCUT2D eigenvalue weighted by Gasteiger charge is -2.33. The first-order valence-corrected chi connectivity index (χ1v) is 8.26. The maximum Gasteiger partial charge on any atom is 0.352 e. The van der Waals surface area contributed by atoms with Crippen LogP contribution < -0.4 is 0 Å². The monoisotopic (exact) mass is 312 g/mol. The fourth-order valence-corrected chi connectivity index (χ4v) is 3.56. The number of hydrogen-bond donors (Lipinski definition) is 2. The summed E-state index contributed by atoms with van der Waals surface area (Å²) < 4.78 is 0. The topological polar surface area (TPSA) is 73.4 Å². The highest BCUT2D eigenvalue weighted by Crippen LogP contribution is 2.35. The van der Waals surface area contributed by atoms with Gasteiger partial charge in [-0.2, -0.15) is 0 Å². The van der Waals surface area contributed by atoms with Gasteiger partial charge >= 0.3 is 5.97 Å². The van der Waals surface area contributed by atoms with Crippen molar-refractivity contribution in [2.45, 2.75) is 31.6 Å². The van der Waals surface area contributed by atoms with Crippen LogP contribution in [-0.4, -0.2) is 40.0 Å². The van der Waals surface area contributed by atoms with Crippen molar-refractivity contribution in [2.24, 2.45) is 5.92 Å². The molecule has 0 bridgehead atoms. The minimum absolute atomic E-state index is 0.214. The molecule has 23 heavy (non-hydrogen) atoms. The van der Waals surface area contributed by atoms with Crippen molar-refractivity contribution in [3.63, 3.8) is 0 Å². The van der Waals surface area contributed by atoms with Gasteiger partial charge in [0.1, 0.15) is 5.69 Å². The molecule has 2 aliphatic rings. The van der Waals surface area contributed by atoms with Gasteiger partial charge in [-0.3, -0.25) is 4.79 Å². The minimum Gasteiger partial charge on any atom is -0.477 e. The number of likely N-dealkylation sites (tertiary alicyclic amines) is 1. The van der Waals surface area contributed by atoms with E-state index in [0.717, 1.165) is 49.7 Å². The molecule has 1 saturated heterocycles. The number of carbonyl (C=O) groups excluding carboxylic acids is 1. The van der Waals surface area contributed by atoms with Crippen molar-refractivity contribution < 1.29 is 14.7 Å². The molecule has 4 rings (SSSR count). The minimum atomic E-state index is -0.943. The Morgan fingerprint density at radius 3 is 2.74 bits per heavy atom. The van der Waals surface area contributed by atoms with Gasteiger partial charge in [0, 0.05) is 35.8 Å². The number of benzene rings is 1. The van der Waals surface area contributed by atoms with Crippen molar-refractivity contribution in [1.82, 2.24) is 9.88 Å². The number of carboxylic acids is 1. The number of carboxylic acid groups (broad SMARTS) is 1. The molecule has 1 unspecified atom stereocenters. The van der Waals surface area contributed by atoms with E-state index < -0.39 is 5.97 Å². The number of rotatable bonds is 3. The Balaban J connectivity index is 1.57. The Bertz CT molecular complexity index is 776. The van der Waals surface area contributed by atoms with E-state index in [9.17, 15) is 9.59 Å². The third kappa shape index (κ3) is 2.71. The van der Waals surface area contributed by atoms with E-state index in [-0.39, 0.29) is 11.6 Å². The standard InChI is InChI=1S/C18H20N2O3/c21-17(11-3-4-11)20-7-1-2-13(10-20)12-5-6-15-14(8-12)9-16(19-15)18(22)23/h5-6,8-9,11,13,19H,1-4,7,10H2,(H,22,23). The van der Waals surface area contributed by atoms with Crippen LogP contribution in [0.15, 0.2) is 24.3 Å². The zero-order valence-electron chi connectivity index (χ0n) is 12.9. The number of nitrogens with one attached hydrogen (secondary N) is 1. The second-order valence-corrected chi connectivity index (χ2v) is 6.73. The van der Waals surface area contributed by atoms with Gasteiger partial charge in [-0.15, -0.1) is 0 Å². The quantitative estimate of drug-likeness (QED) is 0.915. The number of piperidine rings is 1. The molecule has 1 aromatic heterocycles. The van der Waals surface area contributed by atoms with Crippen LogP contribution in [0, 0.1) is 5.92 Å². The van der Waals surface area contributed by atoms with Gasteiger partial charge in [0.15, 0.2) is 0 Å².